The van der Waals surface area contributed by atoms with Crippen molar-refractivity contribution in [3.8, 4) is 0 Å². The monoisotopic (exact) mass is 267 g/mol. The Morgan fingerprint density at radius 2 is 1.69 bits per heavy atom. The molecule has 0 aliphatic rings. The first-order chi connectivity index (χ1) is 7.39. The summed E-state index contributed by atoms with van der Waals surface area (Å²) in [6.07, 6.45) is 0.739. The highest BCUT2D eigenvalue weighted by Crippen LogP contribution is 2.08. The van der Waals surface area contributed by atoms with Crippen LogP contribution in [0.2, 0.25) is 0 Å². The quantitative estimate of drug-likeness (QED) is 0.653. The van der Waals surface area contributed by atoms with Gasteiger partial charge in [-0.3, -0.25) is 0 Å². The van der Waals surface area contributed by atoms with E-state index in [1.54, 1.807) is 0 Å². The van der Waals surface area contributed by atoms with Crippen LogP contribution in [0.1, 0.15) is 27.2 Å². The van der Waals surface area contributed by atoms with Crippen LogP contribution in [-0.4, -0.2) is 48.2 Å². The lowest BCUT2D eigenvalue weighted by Gasteiger charge is -2.27. The van der Waals surface area contributed by atoms with E-state index in [0.29, 0.717) is 19.6 Å². The van der Waals surface area contributed by atoms with Crippen molar-refractivity contribution in [3.63, 3.8) is 0 Å². The highest BCUT2D eigenvalue weighted by Gasteiger charge is 2.27. The molecule has 0 radical (unpaired) electrons. The van der Waals surface area contributed by atoms with Gasteiger partial charge in [-0.2, -0.15) is 17.0 Å². The Morgan fingerprint density at radius 1 is 1.19 bits per heavy atom. The molecule has 0 fully saturated rings. The summed E-state index contributed by atoms with van der Waals surface area (Å²) < 4.78 is 27.0. The lowest BCUT2D eigenvalue weighted by atomic mass is 10.5. The molecular formula is C9H21N3O2S2. The molecule has 0 aliphatic heterocycles. The Kier molecular flexibility index (Phi) is 7.05. The standard InChI is InChI=1S/C9H21N3O2S2/c1-4-7-12(8-9(10)15)16(13,14)11(5-2)6-3/h4-8H2,1-3H3,(H2,10,15). The van der Waals surface area contributed by atoms with E-state index in [4.69, 9.17) is 18.0 Å². The SMILES string of the molecule is CCCN(CC(N)=S)S(=O)(=O)N(CC)CC. The average Bonchev–Trinajstić information content (AvgIpc) is 2.18. The zero-order chi connectivity index (χ0) is 12.8. The van der Waals surface area contributed by atoms with Crippen LogP contribution in [0.15, 0.2) is 0 Å². The maximum absolute atomic E-state index is 12.2. The summed E-state index contributed by atoms with van der Waals surface area (Å²) in [5.41, 5.74) is 5.41. The summed E-state index contributed by atoms with van der Waals surface area (Å²) in [6, 6.07) is 0. The third-order valence-corrected chi connectivity index (χ3v) is 4.43. The smallest absolute Gasteiger partial charge is 0.282 e. The summed E-state index contributed by atoms with van der Waals surface area (Å²) in [5, 5.41) is 0. The number of hydrogen-bond donors (Lipinski definition) is 1. The zero-order valence-corrected chi connectivity index (χ0v) is 11.8. The molecule has 0 bridgehead atoms. The molecule has 0 aliphatic carbocycles. The molecule has 5 nitrogen and oxygen atoms in total. The molecule has 0 aromatic rings. The Morgan fingerprint density at radius 3 is 2.00 bits per heavy atom. The number of nitrogens with zero attached hydrogens (tertiary/aromatic N) is 2. The molecule has 96 valence electrons. The van der Waals surface area contributed by atoms with E-state index < -0.39 is 10.2 Å². The fraction of sp³-hybridized carbons (Fsp3) is 0.889. The maximum Gasteiger partial charge on any atom is 0.282 e. The van der Waals surface area contributed by atoms with Gasteiger partial charge in [0.15, 0.2) is 0 Å². The van der Waals surface area contributed by atoms with E-state index in [0.717, 1.165) is 6.42 Å². The fourth-order valence-corrected chi connectivity index (χ4v) is 3.34. The molecule has 16 heavy (non-hydrogen) atoms. The van der Waals surface area contributed by atoms with Gasteiger partial charge < -0.3 is 5.73 Å². The Balaban J connectivity index is 4.94. The van der Waals surface area contributed by atoms with E-state index in [-0.39, 0.29) is 11.5 Å². The second kappa shape index (κ2) is 7.16. The van der Waals surface area contributed by atoms with E-state index >= 15 is 0 Å². The minimum absolute atomic E-state index is 0.113. The molecule has 0 aromatic heterocycles. The Hall–Kier alpha value is -0.240. The Bertz CT molecular complexity index is 313. The Labute approximate surface area is 104 Å². The van der Waals surface area contributed by atoms with Gasteiger partial charge in [0.05, 0.1) is 11.5 Å². The second-order valence-corrected chi connectivity index (χ2v) is 5.84. The predicted octanol–water partition coefficient (Wildman–Crippen LogP) is 0.571. The van der Waals surface area contributed by atoms with Gasteiger partial charge >= 0.3 is 0 Å². The van der Waals surface area contributed by atoms with Crippen molar-refractivity contribution in [1.82, 2.24) is 8.61 Å². The molecular weight excluding hydrogens is 246 g/mol. The van der Waals surface area contributed by atoms with Crippen LogP contribution in [-0.2, 0) is 10.2 Å². The first-order valence-corrected chi connectivity index (χ1v) is 7.24. The van der Waals surface area contributed by atoms with E-state index in [2.05, 4.69) is 0 Å². The molecule has 0 rings (SSSR count). The van der Waals surface area contributed by atoms with Gasteiger partial charge in [0.1, 0.15) is 0 Å². The largest absolute Gasteiger partial charge is 0.392 e. The van der Waals surface area contributed by atoms with Crippen LogP contribution in [0, 0.1) is 0 Å². The van der Waals surface area contributed by atoms with Crippen molar-refractivity contribution in [2.45, 2.75) is 27.2 Å². The normalized spacial score (nSPS) is 12.3. The highest BCUT2D eigenvalue weighted by molar-refractivity contribution is 7.87. The third kappa shape index (κ3) is 4.32. The van der Waals surface area contributed by atoms with Gasteiger partial charge in [0.25, 0.3) is 10.2 Å². The predicted molar refractivity (Wildman–Crippen MR) is 70.5 cm³/mol. The van der Waals surface area contributed by atoms with E-state index in [9.17, 15) is 8.42 Å². The minimum atomic E-state index is -3.42. The van der Waals surface area contributed by atoms with Crippen LogP contribution in [0.25, 0.3) is 0 Å². The summed E-state index contributed by atoms with van der Waals surface area (Å²) in [4.78, 5) is 0.198. The molecule has 0 unspecified atom stereocenters. The van der Waals surface area contributed by atoms with Gasteiger partial charge in [-0.1, -0.05) is 33.0 Å². The molecule has 0 spiro atoms. The molecule has 0 heterocycles. The van der Waals surface area contributed by atoms with Crippen LogP contribution in [0.4, 0.5) is 0 Å². The van der Waals surface area contributed by atoms with Crippen LogP contribution in [0.3, 0.4) is 0 Å². The molecule has 0 saturated carbocycles. The summed E-state index contributed by atoms with van der Waals surface area (Å²) in [6.45, 7) is 7.01. The van der Waals surface area contributed by atoms with Gasteiger partial charge in [-0.15, -0.1) is 0 Å². The zero-order valence-electron chi connectivity index (χ0n) is 10.1. The van der Waals surface area contributed by atoms with Crippen molar-refractivity contribution < 1.29 is 8.42 Å². The molecule has 0 atom stereocenters. The van der Waals surface area contributed by atoms with E-state index in [1.165, 1.54) is 8.61 Å². The highest BCUT2D eigenvalue weighted by atomic mass is 32.2. The number of hydrogen-bond acceptors (Lipinski definition) is 3. The van der Waals surface area contributed by atoms with Crippen LogP contribution in [0.5, 0.6) is 0 Å². The van der Waals surface area contributed by atoms with Crippen molar-refractivity contribution in [2.75, 3.05) is 26.2 Å². The van der Waals surface area contributed by atoms with Gasteiger partial charge in [0.2, 0.25) is 0 Å². The van der Waals surface area contributed by atoms with Crippen molar-refractivity contribution in [3.05, 3.63) is 0 Å². The van der Waals surface area contributed by atoms with Gasteiger partial charge in [0, 0.05) is 19.6 Å². The van der Waals surface area contributed by atoms with Crippen molar-refractivity contribution in [1.29, 1.82) is 0 Å². The molecule has 0 amide bonds. The first-order valence-electron chi connectivity index (χ1n) is 5.43. The average molecular weight is 267 g/mol. The molecule has 0 aromatic carbocycles. The minimum Gasteiger partial charge on any atom is -0.392 e. The number of nitrogens with two attached hydrogens (primary N) is 1. The number of rotatable bonds is 8. The fourth-order valence-electron chi connectivity index (χ4n) is 1.41. The van der Waals surface area contributed by atoms with Gasteiger partial charge in [-0.05, 0) is 6.42 Å². The van der Waals surface area contributed by atoms with Gasteiger partial charge in [-0.25, -0.2) is 0 Å². The topological polar surface area (TPSA) is 66.6 Å². The van der Waals surface area contributed by atoms with Crippen molar-refractivity contribution in [2.24, 2.45) is 5.73 Å². The van der Waals surface area contributed by atoms with E-state index in [1.807, 2.05) is 20.8 Å². The lowest BCUT2D eigenvalue weighted by molar-refractivity contribution is 0.368. The van der Waals surface area contributed by atoms with Crippen LogP contribution < -0.4 is 5.73 Å². The maximum atomic E-state index is 12.2. The number of thiocarbonyl (C=S) groups is 1. The summed E-state index contributed by atoms with van der Waals surface area (Å²) >= 11 is 4.77. The summed E-state index contributed by atoms with van der Waals surface area (Å²) in [5.74, 6) is 0. The van der Waals surface area contributed by atoms with Crippen molar-refractivity contribution >= 4 is 27.4 Å². The molecule has 7 heteroatoms. The lowest BCUT2D eigenvalue weighted by Crippen LogP contribution is -2.46. The summed E-state index contributed by atoms with van der Waals surface area (Å²) in [7, 11) is -3.42. The second-order valence-electron chi connectivity index (χ2n) is 3.39. The molecule has 2 N–H and O–H groups in total. The molecule has 0 saturated heterocycles. The third-order valence-electron chi connectivity index (χ3n) is 2.16. The van der Waals surface area contributed by atoms with Crippen LogP contribution >= 0.6 is 12.2 Å². The first kappa shape index (κ1) is 15.8.